The molecular formula is C15H23ClN2O. The third-order valence-electron chi connectivity index (χ3n) is 2.80. The molecule has 0 atom stereocenters. The Bertz CT molecular complexity index is 419. The average Bonchev–Trinajstić information content (AvgIpc) is 2.36. The molecule has 0 unspecified atom stereocenters. The molecule has 19 heavy (non-hydrogen) atoms. The van der Waals surface area contributed by atoms with Gasteiger partial charge < -0.3 is 10.6 Å². The predicted octanol–water partition coefficient (Wildman–Crippen LogP) is 2.90. The van der Waals surface area contributed by atoms with E-state index in [0.29, 0.717) is 18.9 Å². The Morgan fingerprint density at radius 1 is 1.37 bits per heavy atom. The van der Waals surface area contributed by atoms with E-state index in [0.717, 1.165) is 29.2 Å². The van der Waals surface area contributed by atoms with E-state index in [4.69, 9.17) is 11.6 Å². The van der Waals surface area contributed by atoms with Crippen LogP contribution in [0.4, 0.5) is 0 Å². The molecule has 1 aromatic rings. The zero-order valence-corrected chi connectivity index (χ0v) is 12.7. The Hall–Kier alpha value is -1.06. The Labute approximate surface area is 120 Å². The molecule has 2 N–H and O–H groups in total. The monoisotopic (exact) mass is 282 g/mol. The van der Waals surface area contributed by atoms with Gasteiger partial charge in [0.25, 0.3) is 0 Å². The second-order valence-corrected chi connectivity index (χ2v) is 5.62. The molecule has 0 aliphatic heterocycles. The lowest BCUT2D eigenvalue weighted by Crippen LogP contribution is -2.30. The second-order valence-electron chi connectivity index (χ2n) is 5.21. The zero-order valence-electron chi connectivity index (χ0n) is 11.9. The number of hydrogen-bond donors (Lipinski definition) is 2. The van der Waals surface area contributed by atoms with Crippen molar-refractivity contribution in [2.45, 2.75) is 33.7 Å². The molecule has 0 fully saturated rings. The fourth-order valence-electron chi connectivity index (χ4n) is 1.59. The lowest BCUT2D eigenvalue weighted by molar-refractivity contribution is -0.121. The molecule has 0 saturated carbocycles. The Balaban J connectivity index is 2.20. The van der Waals surface area contributed by atoms with E-state index < -0.39 is 0 Å². The summed E-state index contributed by atoms with van der Waals surface area (Å²) in [5.41, 5.74) is 2.22. The van der Waals surface area contributed by atoms with Gasteiger partial charge in [-0.1, -0.05) is 37.6 Å². The molecule has 0 aliphatic carbocycles. The van der Waals surface area contributed by atoms with Crippen LogP contribution in [-0.4, -0.2) is 19.0 Å². The second kappa shape index (κ2) is 8.18. The van der Waals surface area contributed by atoms with Crippen molar-refractivity contribution in [1.82, 2.24) is 10.6 Å². The fraction of sp³-hybridized carbons (Fsp3) is 0.533. The summed E-state index contributed by atoms with van der Waals surface area (Å²) in [6.45, 7) is 8.30. The number of rotatable bonds is 7. The van der Waals surface area contributed by atoms with E-state index >= 15 is 0 Å². The van der Waals surface area contributed by atoms with Crippen molar-refractivity contribution in [3.8, 4) is 0 Å². The highest BCUT2D eigenvalue weighted by Crippen LogP contribution is 2.16. The van der Waals surface area contributed by atoms with Crippen LogP contribution in [0.1, 0.15) is 31.4 Å². The third kappa shape index (κ3) is 6.60. The normalized spacial score (nSPS) is 10.8. The van der Waals surface area contributed by atoms with Crippen LogP contribution in [0.5, 0.6) is 0 Å². The number of benzene rings is 1. The number of aryl methyl sites for hydroxylation is 1. The van der Waals surface area contributed by atoms with E-state index in [1.807, 2.05) is 25.1 Å². The van der Waals surface area contributed by atoms with Crippen LogP contribution in [0.15, 0.2) is 18.2 Å². The lowest BCUT2D eigenvalue weighted by Gasteiger charge is -2.09. The molecule has 3 nitrogen and oxygen atoms in total. The minimum absolute atomic E-state index is 0.100. The molecule has 0 saturated heterocycles. The molecule has 0 bridgehead atoms. The van der Waals surface area contributed by atoms with Crippen LogP contribution < -0.4 is 10.6 Å². The Kier molecular flexibility index (Phi) is 6.89. The SMILES string of the molecule is Cc1ccc(CNCCC(=O)NCC(C)C)cc1Cl. The lowest BCUT2D eigenvalue weighted by atomic mass is 10.1. The molecule has 1 rings (SSSR count). The summed E-state index contributed by atoms with van der Waals surface area (Å²) in [7, 11) is 0. The molecule has 0 aromatic heterocycles. The summed E-state index contributed by atoms with van der Waals surface area (Å²) in [5, 5.41) is 6.93. The summed E-state index contributed by atoms with van der Waals surface area (Å²) in [4.78, 5) is 11.5. The first-order valence-electron chi connectivity index (χ1n) is 6.71. The summed E-state index contributed by atoms with van der Waals surface area (Å²) < 4.78 is 0. The van der Waals surface area contributed by atoms with Gasteiger partial charge in [0, 0.05) is 31.1 Å². The van der Waals surface area contributed by atoms with Gasteiger partial charge in [-0.05, 0) is 30.0 Å². The smallest absolute Gasteiger partial charge is 0.221 e. The first kappa shape index (κ1) is 16.0. The summed E-state index contributed by atoms with van der Waals surface area (Å²) in [6.07, 6.45) is 0.506. The minimum Gasteiger partial charge on any atom is -0.356 e. The number of halogens is 1. The van der Waals surface area contributed by atoms with Crippen molar-refractivity contribution in [2.24, 2.45) is 5.92 Å². The van der Waals surface area contributed by atoms with E-state index in [1.165, 1.54) is 0 Å². The molecule has 0 spiro atoms. The van der Waals surface area contributed by atoms with Crippen LogP contribution in [0.25, 0.3) is 0 Å². The maximum atomic E-state index is 11.5. The number of carbonyl (C=O) groups is 1. The standard InChI is InChI=1S/C15H23ClN2O/c1-11(2)9-18-15(19)6-7-17-10-13-5-4-12(3)14(16)8-13/h4-5,8,11,17H,6-7,9-10H2,1-3H3,(H,18,19). The highest BCUT2D eigenvalue weighted by Gasteiger charge is 2.02. The number of carbonyl (C=O) groups excluding carboxylic acids is 1. The van der Waals surface area contributed by atoms with Crippen molar-refractivity contribution in [2.75, 3.05) is 13.1 Å². The van der Waals surface area contributed by atoms with Gasteiger partial charge in [-0.2, -0.15) is 0 Å². The van der Waals surface area contributed by atoms with Gasteiger partial charge in [-0.15, -0.1) is 0 Å². The largest absolute Gasteiger partial charge is 0.356 e. The van der Waals surface area contributed by atoms with Gasteiger partial charge >= 0.3 is 0 Å². The van der Waals surface area contributed by atoms with E-state index in [2.05, 4.69) is 24.5 Å². The Morgan fingerprint density at radius 3 is 2.74 bits per heavy atom. The molecule has 1 aromatic carbocycles. The first-order valence-corrected chi connectivity index (χ1v) is 7.09. The molecule has 0 radical (unpaired) electrons. The predicted molar refractivity (Wildman–Crippen MR) is 80.4 cm³/mol. The maximum absolute atomic E-state index is 11.5. The molecule has 106 valence electrons. The maximum Gasteiger partial charge on any atom is 0.221 e. The molecule has 0 aliphatic rings. The van der Waals surface area contributed by atoms with Gasteiger partial charge in [0.15, 0.2) is 0 Å². The van der Waals surface area contributed by atoms with E-state index in [1.54, 1.807) is 0 Å². The van der Waals surface area contributed by atoms with Gasteiger partial charge in [0.05, 0.1) is 0 Å². The van der Waals surface area contributed by atoms with E-state index in [9.17, 15) is 4.79 Å². The van der Waals surface area contributed by atoms with Crippen molar-refractivity contribution in [3.63, 3.8) is 0 Å². The minimum atomic E-state index is 0.100. The number of hydrogen-bond acceptors (Lipinski definition) is 2. The topological polar surface area (TPSA) is 41.1 Å². The van der Waals surface area contributed by atoms with E-state index in [-0.39, 0.29) is 5.91 Å². The van der Waals surface area contributed by atoms with Crippen molar-refractivity contribution < 1.29 is 4.79 Å². The van der Waals surface area contributed by atoms with Gasteiger partial charge in [0.1, 0.15) is 0 Å². The molecule has 0 heterocycles. The van der Waals surface area contributed by atoms with Gasteiger partial charge in [-0.3, -0.25) is 4.79 Å². The summed E-state index contributed by atoms with van der Waals surface area (Å²) in [6, 6.07) is 6.02. The van der Waals surface area contributed by atoms with Crippen LogP contribution in [0.2, 0.25) is 5.02 Å². The summed E-state index contributed by atoms with van der Waals surface area (Å²) in [5.74, 6) is 0.592. The summed E-state index contributed by atoms with van der Waals surface area (Å²) >= 11 is 6.06. The van der Waals surface area contributed by atoms with Crippen molar-refractivity contribution >= 4 is 17.5 Å². The zero-order chi connectivity index (χ0) is 14.3. The van der Waals surface area contributed by atoms with Crippen LogP contribution >= 0.6 is 11.6 Å². The van der Waals surface area contributed by atoms with Gasteiger partial charge in [-0.25, -0.2) is 0 Å². The average molecular weight is 283 g/mol. The fourth-order valence-corrected chi connectivity index (χ4v) is 1.79. The van der Waals surface area contributed by atoms with Crippen molar-refractivity contribution in [1.29, 1.82) is 0 Å². The highest BCUT2D eigenvalue weighted by atomic mass is 35.5. The molecule has 4 heteroatoms. The van der Waals surface area contributed by atoms with Gasteiger partial charge in [0.2, 0.25) is 5.91 Å². The van der Waals surface area contributed by atoms with Crippen molar-refractivity contribution in [3.05, 3.63) is 34.3 Å². The number of amides is 1. The highest BCUT2D eigenvalue weighted by molar-refractivity contribution is 6.31. The first-order chi connectivity index (χ1) is 8.99. The van der Waals surface area contributed by atoms with Crippen LogP contribution in [-0.2, 0) is 11.3 Å². The molecule has 1 amide bonds. The number of nitrogens with one attached hydrogen (secondary N) is 2. The third-order valence-corrected chi connectivity index (χ3v) is 3.21. The Morgan fingerprint density at radius 2 is 2.11 bits per heavy atom. The quantitative estimate of drug-likeness (QED) is 0.755. The van der Waals surface area contributed by atoms with Crippen LogP contribution in [0.3, 0.4) is 0 Å². The molecular weight excluding hydrogens is 260 g/mol. The van der Waals surface area contributed by atoms with Crippen LogP contribution in [0, 0.1) is 12.8 Å².